The molecule has 1 amide bonds. The van der Waals surface area contributed by atoms with E-state index in [2.05, 4.69) is 56.9 Å². The van der Waals surface area contributed by atoms with Crippen LogP contribution in [0.25, 0.3) is 0 Å². The molecule has 6 rings (SSSR count). The van der Waals surface area contributed by atoms with Gasteiger partial charge >= 0.3 is 0 Å². The van der Waals surface area contributed by atoms with Crippen molar-refractivity contribution in [2.24, 2.45) is 46.3 Å². The third-order valence-electron chi connectivity index (χ3n) is 13.3. The van der Waals surface area contributed by atoms with E-state index in [4.69, 9.17) is 4.74 Å². The third-order valence-corrected chi connectivity index (χ3v) is 13.3. The van der Waals surface area contributed by atoms with Crippen molar-refractivity contribution in [2.75, 3.05) is 25.2 Å². The van der Waals surface area contributed by atoms with E-state index in [9.17, 15) is 9.90 Å². The van der Waals surface area contributed by atoms with E-state index < -0.39 is 0 Å². The Kier molecular flexibility index (Phi) is 10.5. The van der Waals surface area contributed by atoms with Crippen molar-refractivity contribution in [3.63, 3.8) is 0 Å². The summed E-state index contributed by atoms with van der Waals surface area (Å²) in [5, 5.41) is 10.3. The van der Waals surface area contributed by atoms with Gasteiger partial charge in [0.1, 0.15) is 0 Å². The van der Waals surface area contributed by atoms with E-state index in [1.807, 2.05) is 0 Å². The lowest BCUT2D eigenvalue weighted by atomic mass is 9.44. The highest BCUT2D eigenvalue weighted by Crippen LogP contribution is 2.67. The molecule has 4 nitrogen and oxygen atoms in total. The summed E-state index contributed by atoms with van der Waals surface area (Å²) in [6.07, 6.45) is 18.0. The number of carbonyl (C=O) groups excluding carboxylic acids is 1. The molecule has 0 aromatic heterocycles. The minimum absolute atomic E-state index is 0.0459. The van der Waals surface area contributed by atoms with Crippen LogP contribution in [0.3, 0.4) is 0 Å². The number of hydrogen-bond acceptors (Lipinski definition) is 3. The van der Waals surface area contributed by atoms with E-state index >= 15 is 0 Å². The van der Waals surface area contributed by atoms with Crippen LogP contribution in [0.4, 0.5) is 5.69 Å². The van der Waals surface area contributed by atoms with E-state index in [-0.39, 0.29) is 6.10 Å². The summed E-state index contributed by atoms with van der Waals surface area (Å²) in [6, 6.07) is 8.50. The standard InChI is InChI=1S/C32H47NO2.C6H14O/c1-31-19-17-28-26(14-12-24-21-25(34)16-18-32(24,28)2)27(31)15-13-23(31)9-5-11-30(35)33-20-6-8-22-7-3-4-10-29(22)33;1-4-6(2)5-7-3/h3-4,7,10,23-28,34H,5-6,8-9,11-21H2,1-2H3;6H,4-5H2,1-3H3/t23-,24?,25+,26?,27?,28?,31?,32?;/m0./s1. The lowest BCUT2D eigenvalue weighted by Crippen LogP contribution is -2.53. The van der Waals surface area contributed by atoms with Crippen molar-refractivity contribution in [2.45, 2.75) is 130 Å². The van der Waals surface area contributed by atoms with Crippen molar-refractivity contribution >= 4 is 11.6 Å². The molecule has 7 unspecified atom stereocenters. The SMILES string of the molecule is CC12CC[C@@H](O)CC1CCC1C2CCC2(C)C1CC[C@@H]2CCCC(=O)N1CCCc2ccccc21.CCC(C)COC. The predicted octanol–water partition coefficient (Wildman–Crippen LogP) is 8.83. The van der Waals surface area contributed by atoms with Gasteiger partial charge in [0.25, 0.3) is 0 Å². The number of anilines is 1. The van der Waals surface area contributed by atoms with Crippen LogP contribution in [0, 0.1) is 46.3 Å². The first kappa shape index (κ1) is 32.0. The normalized spacial score (nSPS) is 37.8. The molecule has 4 fully saturated rings. The molecular weight excluding hydrogens is 518 g/mol. The maximum atomic E-state index is 13.2. The van der Waals surface area contributed by atoms with Gasteiger partial charge in [0, 0.05) is 32.4 Å². The Balaban J connectivity index is 0.000000451. The molecule has 1 aliphatic heterocycles. The van der Waals surface area contributed by atoms with Crippen LogP contribution < -0.4 is 4.90 Å². The lowest BCUT2D eigenvalue weighted by molar-refractivity contribution is -0.127. The summed E-state index contributed by atoms with van der Waals surface area (Å²) >= 11 is 0. The minimum atomic E-state index is -0.0459. The third kappa shape index (κ3) is 6.37. The summed E-state index contributed by atoms with van der Waals surface area (Å²) in [4.78, 5) is 15.3. The molecule has 0 bridgehead atoms. The topological polar surface area (TPSA) is 49.8 Å². The van der Waals surface area contributed by atoms with E-state index in [0.717, 1.165) is 86.5 Å². The predicted molar refractivity (Wildman–Crippen MR) is 174 cm³/mol. The molecule has 5 aliphatic rings. The average molecular weight is 580 g/mol. The maximum absolute atomic E-state index is 13.2. The van der Waals surface area contributed by atoms with Crippen LogP contribution in [0.2, 0.25) is 0 Å². The number of aliphatic hydroxyl groups excluding tert-OH is 1. The van der Waals surface area contributed by atoms with Crippen LogP contribution in [0.15, 0.2) is 24.3 Å². The Morgan fingerprint density at radius 2 is 1.81 bits per heavy atom. The molecule has 1 heterocycles. The summed E-state index contributed by atoms with van der Waals surface area (Å²) in [5.74, 6) is 5.29. The number of aryl methyl sites for hydroxylation is 1. The molecule has 1 aromatic rings. The van der Waals surface area contributed by atoms with Gasteiger partial charge in [-0.05, 0) is 141 Å². The zero-order chi connectivity index (χ0) is 29.9. The van der Waals surface area contributed by atoms with Gasteiger partial charge in [0.05, 0.1) is 6.10 Å². The molecule has 9 atom stereocenters. The van der Waals surface area contributed by atoms with Crippen LogP contribution >= 0.6 is 0 Å². The molecular formula is C38H61NO3. The molecule has 4 saturated carbocycles. The number of rotatable bonds is 7. The number of hydrogen-bond donors (Lipinski definition) is 1. The Morgan fingerprint density at radius 3 is 2.57 bits per heavy atom. The van der Waals surface area contributed by atoms with Gasteiger partial charge in [-0.1, -0.05) is 52.3 Å². The molecule has 0 radical (unpaired) electrons. The fraction of sp³-hybridized carbons (Fsp3) is 0.816. The van der Waals surface area contributed by atoms with Crippen molar-refractivity contribution in [1.82, 2.24) is 0 Å². The minimum Gasteiger partial charge on any atom is -0.393 e. The number of aliphatic hydroxyl groups is 1. The van der Waals surface area contributed by atoms with E-state index in [1.54, 1.807) is 7.11 Å². The van der Waals surface area contributed by atoms with E-state index in [1.165, 1.54) is 63.4 Å². The Bertz CT molecular complexity index is 1040. The second kappa shape index (κ2) is 13.7. The van der Waals surface area contributed by atoms with Crippen LogP contribution in [-0.4, -0.2) is 37.4 Å². The Hall–Kier alpha value is -1.39. The molecule has 1 N–H and O–H groups in total. The number of methoxy groups -OCH3 is 1. The average Bonchev–Trinajstić information content (AvgIpc) is 3.33. The largest absolute Gasteiger partial charge is 0.393 e. The lowest BCUT2D eigenvalue weighted by Gasteiger charge is -2.61. The number of para-hydroxylation sites is 1. The summed E-state index contributed by atoms with van der Waals surface area (Å²) in [7, 11) is 1.74. The fourth-order valence-corrected chi connectivity index (χ4v) is 10.6. The molecule has 236 valence electrons. The molecule has 42 heavy (non-hydrogen) atoms. The van der Waals surface area contributed by atoms with Crippen LogP contribution in [0.5, 0.6) is 0 Å². The maximum Gasteiger partial charge on any atom is 0.226 e. The van der Waals surface area contributed by atoms with Gasteiger partial charge in [-0.3, -0.25) is 4.79 Å². The second-order valence-corrected chi connectivity index (χ2v) is 15.5. The van der Waals surface area contributed by atoms with Gasteiger partial charge < -0.3 is 14.7 Å². The monoisotopic (exact) mass is 579 g/mol. The first-order chi connectivity index (χ1) is 20.2. The highest BCUT2D eigenvalue weighted by atomic mass is 16.5. The second-order valence-electron chi connectivity index (χ2n) is 15.5. The van der Waals surface area contributed by atoms with Gasteiger partial charge in [-0.25, -0.2) is 0 Å². The molecule has 1 aromatic carbocycles. The van der Waals surface area contributed by atoms with Crippen LogP contribution in [0.1, 0.15) is 123 Å². The highest BCUT2D eigenvalue weighted by molar-refractivity contribution is 5.94. The number of carbonyl (C=O) groups is 1. The Labute approximate surface area is 257 Å². The summed E-state index contributed by atoms with van der Waals surface area (Å²) in [5.41, 5.74) is 3.46. The highest BCUT2D eigenvalue weighted by Gasteiger charge is 2.59. The molecule has 0 spiro atoms. The number of fused-ring (bicyclic) bond motifs is 6. The van der Waals surface area contributed by atoms with Crippen molar-refractivity contribution in [3.05, 3.63) is 29.8 Å². The van der Waals surface area contributed by atoms with E-state index in [0.29, 0.717) is 23.2 Å². The van der Waals surface area contributed by atoms with Gasteiger partial charge in [0.15, 0.2) is 0 Å². The first-order valence-electron chi connectivity index (χ1n) is 17.8. The van der Waals surface area contributed by atoms with Crippen molar-refractivity contribution < 1.29 is 14.6 Å². The molecule has 0 saturated heterocycles. The van der Waals surface area contributed by atoms with Crippen LogP contribution in [-0.2, 0) is 16.0 Å². The quantitative estimate of drug-likeness (QED) is 0.351. The summed E-state index contributed by atoms with van der Waals surface area (Å²) < 4.78 is 4.89. The number of amides is 1. The zero-order valence-corrected chi connectivity index (χ0v) is 27.6. The Morgan fingerprint density at radius 1 is 1.05 bits per heavy atom. The van der Waals surface area contributed by atoms with Crippen molar-refractivity contribution in [3.8, 4) is 0 Å². The summed E-state index contributed by atoms with van der Waals surface area (Å²) in [6.45, 7) is 11.4. The van der Waals surface area contributed by atoms with Gasteiger partial charge in [-0.15, -0.1) is 0 Å². The molecule has 4 aliphatic carbocycles. The zero-order valence-electron chi connectivity index (χ0n) is 27.6. The first-order valence-corrected chi connectivity index (χ1v) is 17.8. The van der Waals surface area contributed by atoms with Gasteiger partial charge in [0.2, 0.25) is 5.91 Å². The number of nitrogens with zero attached hydrogens (tertiary/aromatic N) is 1. The fourth-order valence-electron chi connectivity index (χ4n) is 10.6. The number of benzene rings is 1. The van der Waals surface area contributed by atoms with Gasteiger partial charge in [-0.2, -0.15) is 0 Å². The smallest absolute Gasteiger partial charge is 0.226 e. The number of ether oxygens (including phenoxy) is 1. The van der Waals surface area contributed by atoms with Crippen molar-refractivity contribution in [1.29, 1.82) is 0 Å². The molecule has 4 heteroatoms.